The number of rotatable bonds is 4. The van der Waals surface area contributed by atoms with E-state index >= 15 is 0 Å². The number of ether oxygens (including phenoxy) is 1. The van der Waals surface area contributed by atoms with Crippen molar-refractivity contribution in [3.63, 3.8) is 0 Å². The van der Waals surface area contributed by atoms with Crippen molar-refractivity contribution in [2.45, 2.75) is 26.4 Å². The van der Waals surface area contributed by atoms with Crippen molar-refractivity contribution in [2.75, 3.05) is 10.1 Å². The molecular formula is C14H16BrNO5S. The highest BCUT2D eigenvalue weighted by Crippen LogP contribution is 2.24. The number of hydrogen-bond donors (Lipinski definition) is 0. The molecule has 0 aliphatic rings. The second-order valence-corrected chi connectivity index (χ2v) is 8.10. The van der Waals surface area contributed by atoms with Gasteiger partial charge in [-0.2, -0.15) is 4.31 Å². The molecule has 0 bridgehead atoms. The number of halogens is 1. The van der Waals surface area contributed by atoms with Gasteiger partial charge in [0, 0.05) is 10.5 Å². The molecule has 0 aliphatic heterocycles. The SMILES string of the molecule is CC(C)(C)OC(=O)N(c1ccc(Br)cc1)S(=O)(=O)CC=C=O. The van der Waals surface area contributed by atoms with Gasteiger partial charge in [-0.1, -0.05) is 15.9 Å². The van der Waals surface area contributed by atoms with E-state index in [-0.39, 0.29) is 5.69 Å². The topological polar surface area (TPSA) is 80.8 Å². The molecule has 1 aromatic carbocycles. The summed E-state index contributed by atoms with van der Waals surface area (Å²) in [6.45, 7) is 4.88. The fourth-order valence-electron chi connectivity index (χ4n) is 1.47. The summed E-state index contributed by atoms with van der Waals surface area (Å²) in [5.74, 6) is 0.739. The van der Waals surface area contributed by atoms with Crippen LogP contribution < -0.4 is 4.31 Å². The maximum Gasteiger partial charge on any atom is 0.428 e. The van der Waals surface area contributed by atoms with E-state index in [9.17, 15) is 18.0 Å². The van der Waals surface area contributed by atoms with E-state index in [0.717, 1.165) is 10.5 Å². The summed E-state index contributed by atoms with van der Waals surface area (Å²) in [7, 11) is -4.10. The molecule has 0 saturated heterocycles. The Morgan fingerprint density at radius 3 is 2.32 bits per heavy atom. The number of sulfonamides is 1. The van der Waals surface area contributed by atoms with Gasteiger partial charge >= 0.3 is 6.09 Å². The normalized spacial score (nSPS) is 11.5. The molecule has 120 valence electrons. The highest BCUT2D eigenvalue weighted by Gasteiger charge is 2.32. The number of carbonyl (C=O) groups is 1. The van der Waals surface area contributed by atoms with Crippen molar-refractivity contribution in [1.82, 2.24) is 0 Å². The minimum absolute atomic E-state index is 0.122. The summed E-state index contributed by atoms with van der Waals surface area (Å²) in [6, 6.07) is 6.10. The fraction of sp³-hybridized carbons (Fsp3) is 0.357. The van der Waals surface area contributed by atoms with Crippen LogP contribution in [0.25, 0.3) is 0 Å². The van der Waals surface area contributed by atoms with Gasteiger partial charge in [-0.15, -0.1) is 0 Å². The first-order valence-corrected chi connectivity index (χ1v) is 8.68. The Labute approximate surface area is 137 Å². The van der Waals surface area contributed by atoms with Crippen LogP contribution in [0.3, 0.4) is 0 Å². The first-order valence-electron chi connectivity index (χ1n) is 6.28. The zero-order valence-electron chi connectivity index (χ0n) is 12.4. The number of benzene rings is 1. The maximum absolute atomic E-state index is 12.3. The van der Waals surface area contributed by atoms with E-state index in [1.165, 1.54) is 18.1 Å². The van der Waals surface area contributed by atoms with Crippen LogP contribution in [0.1, 0.15) is 20.8 Å². The van der Waals surface area contributed by atoms with E-state index in [0.29, 0.717) is 4.31 Å². The number of hydrogen-bond acceptors (Lipinski definition) is 5. The van der Waals surface area contributed by atoms with Crippen LogP contribution in [0.15, 0.2) is 34.8 Å². The third-order valence-corrected chi connectivity index (χ3v) is 4.31. The summed E-state index contributed by atoms with van der Waals surface area (Å²) < 4.78 is 31.0. The zero-order chi connectivity index (χ0) is 17.0. The van der Waals surface area contributed by atoms with Crippen LogP contribution in [-0.4, -0.2) is 31.8 Å². The van der Waals surface area contributed by atoms with Crippen LogP contribution in [0.2, 0.25) is 0 Å². The molecule has 8 heteroatoms. The lowest BCUT2D eigenvalue weighted by atomic mass is 10.2. The second kappa shape index (κ2) is 7.09. The Morgan fingerprint density at radius 2 is 1.86 bits per heavy atom. The molecule has 0 spiro atoms. The first-order chi connectivity index (χ1) is 10.1. The highest BCUT2D eigenvalue weighted by atomic mass is 79.9. The second-order valence-electron chi connectivity index (χ2n) is 5.32. The molecule has 0 unspecified atom stereocenters. The summed E-state index contributed by atoms with van der Waals surface area (Å²) in [6.07, 6.45) is -0.236. The molecule has 0 atom stereocenters. The standard InChI is InChI=1S/C14H16BrNO5S/c1-14(2,3)21-13(18)16(22(19,20)10-4-9-17)12-7-5-11(15)6-8-12/h4-8H,10H2,1-3H3. The molecular weight excluding hydrogens is 374 g/mol. The van der Waals surface area contributed by atoms with E-state index in [1.54, 1.807) is 32.9 Å². The van der Waals surface area contributed by atoms with Crippen molar-refractivity contribution < 1.29 is 22.7 Å². The summed E-state index contributed by atoms with van der Waals surface area (Å²) in [4.78, 5) is 22.5. The van der Waals surface area contributed by atoms with E-state index in [2.05, 4.69) is 15.9 Å². The van der Waals surface area contributed by atoms with Crippen molar-refractivity contribution in [3.8, 4) is 0 Å². The van der Waals surface area contributed by atoms with Crippen LogP contribution in [-0.2, 0) is 19.6 Å². The molecule has 1 rings (SSSR count). The lowest BCUT2D eigenvalue weighted by Crippen LogP contribution is -2.41. The largest absolute Gasteiger partial charge is 0.443 e. The molecule has 1 aromatic rings. The number of carbonyl (C=O) groups excluding carboxylic acids is 2. The molecule has 0 fully saturated rings. The Balaban J connectivity index is 3.29. The van der Waals surface area contributed by atoms with Gasteiger partial charge in [0.15, 0.2) is 0 Å². The molecule has 0 aliphatic carbocycles. The van der Waals surface area contributed by atoms with Gasteiger partial charge < -0.3 is 4.74 Å². The van der Waals surface area contributed by atoms with E-state index in [4.69, 9.17) is 4.74 Å². The quantitative estimate of drug-likeness (QED) is 0.739. The molecule has 0 heterocycles. The molecule has 0 aromatic heterocycles. The van der Waals surface area contributed by atoms with Crippen LogP contribution in [0, 0.1) is 0 Å². The van der Waals surface area contributed by atoms with Gasteiger partial charge in [0.25, 0.3) is 0 Å². The molecule has 1 amide bonds. The summed E-state index contributed by atoms with van der Waals surface area (Å²) in [5, 5.41) is 0. The third-order valence-electron chi connectivity index (χ3n) is 2.28. The summed E-state index contributed by atoms with van der Waals surface area (Å²) in [5.41, 5.74) is -0.738. The van der Waals surface area contributed by atoms with Gasteiger partial charge in [-0.3, -0.25) is 0 Å². The molecule has 0 saturated carbocycles. The van der Waals surface area contributed by atoms with Gasteiger partial charge in [0.05, 0.1) is 11.4 Å². The monoisotopic (exact) mass is 389 g/mol. The Bertz CT molecular complexity index is 685. The Kier molecular flexibility index (Phi) is 5.93. The Hall–Kier alpha value is -1.63. The minimum Gasteiger partial charge on any atom is -0.443 e. The average Bonchev–Trinajstić information content (AvgIpc) is 2.36. The van der Waals surface area contributed by atoms with Crippen molar-refractivity contribution in [2.24, 2.45) is 0 Å². The van der Waals surface area contributed by atoms with Crippen LogP contribution in [0.4, 0.5) is 10.5 Å². The van der Waals surface area contributed by atoms with Gasteiger partial charge in [-0.05, 0) is 45.0 Å². The van der Waals surface area contributed by atoms with Crippen LogP contribution >= 0.6 is 15.9 Å². The summed E-state index contributed by atoms with van der Waals surface area (Å²) >= 11 is 3.23. The third kappa shape index (κ3) is 5.29. The number of amides is 1. The molecule has 0 radical (unpaired) electrons. The lowest BCUT2D eigenvalue weighted by Gasteiger charge is -2.26. The van der Waals surface area contributed by atoms with Gasteiger partial charge in [-0.25, -0.2) is 18.0 Å². The zero-order valence-corrected chi connectivity index (χ0v) is 14.8. The predicted molar refractivity (Wildman–Crippen MR) is 86.9 cm³/mol. The average molecular weight is 390 g/mol. The first kappa shape index (κ1) is 18.4. The van der Waals surface area contributed by atoms with Gasteiger partial charge in [0.1, 0.15) is 11.5 Å². The van der Waals surface area contributed by atoms with Crippen molar-refractivity contribution in [3.05, 3.63) is 34.8 Å². The van der Waals surface area contributed by atoms with E-state index < -0.39 is 27.5 Å². The lowest BCUT2D eigenvalue weighted by molar-refractivity contribution is 0.0609. The predicted octanol–water partition coefficient (Wildman–Crippen LogP) is 2.91. The van der Waals surface area contributed by atoms with Crippen molar-refractivity contribution in [1.29, 1.82) is 0 Å². The Morgan fingerprint density at radius 1 is 1.32 bits per heavy atom. The van der Waals surface area contributed by atoms with Crippen molar-refractivity contribution >= 4 is 43.7 Å². The van der Waals surface area contributed by atoms with Gasteiger partial charge in [0.2, 0.25) is 10.0 Å². The van der Waals surface area contributed by atoms with Crippen LogP contribution in [0.5, 0.6) is 0 Å². The fourth-order valence-corrected chi connectivity index (χ4v) is 2.87. The highest BCUT2D eigenvalue weighted by molar-refractivity contribution is 9.10. The molecule has 0 N–H and O–H groups in total. The smallest absolute Gasteiger partial charge is 0.428 e. The molecule has 22 heavy (non-hydrogen) atoms. The molecule has 6 nitrogen and oxygen atoms in total. The number of anilines is 1. The van der Waals surface area contributed by atoms with E-state index in [1.807, 2.05) is 0 Å². The number of nitrogens with zero attached hydrogens (tertiary/aromatic N) is 1. The minimum atomic E-state index is -4.10. The maximum atomic E-state index is 12.3.